The van der Waals surface area contributed by atoms with E-state index < -0.39 is 10.0 Å². The molecule has 1 amide bonds. The third kappa shape index (κ3) is 4.73. The molecule has 30 heavy (non-hydrogen) atoms. The number of hydrogen-bond acceptors (Lipinski definition) is 4. The lowest BCUT2D eigenvalue weighted by Crippen LogP contribution is -2.31. The Hall–Kier alpha value is -2.25. The molecule has 4 rings (SSSR count). The molecule has 0 unspecified atom stereocenters. The van der Waals surface area contributed by atoms with Crippen LogP contribution in [-0.4, -0.2) is 27.4 Å². The summed E-state index contributed by atoms with van der Waals surface area (Å²) in [6.07, 6.45) is 6.06. The zero-order chi connectivity index (χ0) is 21.1. The standard InChI is InChI=1S/C22H26ClN3O3S/c23-17-7-9-18(10-8-17)25-30(28,29)21-15-19(24-22(27)16-5-4-6-16)11-12-20(21)26-13-2-1-3-14-26/h7-12,15-16,25H,1-6,13-14H2,(H,24,27). The van der Waals surface area contributed by atoms with Gasteiger partial charge in [-0.25, -0.2) is 8.42 Å². The fourth-order valence-corrected chi connectivity index (χ4v) is 5.28. The van der Waals surface area contributed by atoms with Gasteiger partial charge in [0.2, 0.25) is 5.91 Å². The van der Waals surface area contributed by atoms with Crippen molar-refractivity contribution in [1.29, 1.82) is 0 Å². The van der Waals surface area contributed by atoms with Crippen LogP contribution in [0.2, 0.25) is 5.02 Å². The number of carbonyl (C=O) groups is 1. The predicted octanol–water partition coefficient (Wildman–Crippen LogP) is 4.87. The predicted molar refractivity (Wildman–Crippen MR) is 121 cm³/mol. The summed E-state index contributed by atoms with van der Waals surface area (Å²) in [5.41, 5.74) is 1.61. The molecule has 0 spiro atoms. The van der Waals surface area contributed by atoms with E-state index >= 15 is 0 Å². The minimum absolute atomic E-state index is 0.0269. The molecule has 2 fully saturated rings. The Kier molecular flexibility index (Phi) is 6.20. The lowest BCUT2D eigenvalue weighted by atomic mass is 9.85. The van der Waals surface area contributed by atoms with Crippen molar-refractivity contribution in [2.75, 3.05) is 28.0 Å². The van der Waals surface area contributed by atoms with Crippen molar-refractivity contribution in [3.8, 4) is 0 Å². The van der Waals surface area contributed by atoms with Crippen LogP contribution in [-0.2, 0) is 14.8 Å². The molecule has 0 atom stereocenters. The van der Waals surface area contributed by atoms with Crippen molar-refractivity contribution in [3.05, 3.63) is 47.5 Å². The highest BCUT2D eigenvalue weighted by atomic mass is 35.5. The smallest absolute Gasteiger partial charge is 0.264 e. The lowest BCUT2D eigenvalue weighted by molar-refractivity contribution is -0.122. The third-order valence-electron chi connectivity index (χ3n) is 5.79. The van der Waals surface area contributed by atoms with Crippen molar-refractivity contribution in [2.45, 2.75) is 43.4 Å². The number of amides is 1. The highest BCUT2D eigenvalue weighted by Crippen LogP contribution is 2.33. The van der Waals surface area contributed by atoms with Crippen LogP contribution < -0.4 is 14.9 Å². The van der Waals surface area contributed by atoms with Crippen LogP contribution in [0, 0.1) is 5.92 Å². The average molecular weight is 448 g/mol. The van der Waals surface area contributed by atoms with Gasteiger partial charge in [0, 0.05) is 35.4 Å². The van der Waals surface area contributed by atoms with E-state index in [2.05, 4.69) is 14.9 Å². The Morgan fingerprint density at radius 3 is 2.23 bits per heavy atom. The summed E-state index contributed by atoms with van der Waals surface area (Å²) in [7, 11) is -3.86. The van der Waals surface area contributed by atoms with Crippen LogP contribution in [0.1, 0.15) is 38.5 Å². The Balaban J connectivity index is 1.66. The first-order valence-electron chi connectivity index (χ1n) is 10.4. The van der Waals surface area contributed by atoms with E-state index in [9.17, 15) is 13.2 Å². The molecule has 2 aromatic carbocycles. The van der Waals surface area contributed by atoms with Crippen molar-refractivity contribution in [2.24, 2.45) is 5.92 Å². The minimum atomic E-state index is -3.86. The molecule has 0 bridgehead atoms. The Labute approximate surface area is 182 Å². The average Bonchev–Trinajstić information content (AvgIpc) is 2.69. The molecule has 160 valence electrons. The minimum Gasteiger partial charge on any atom is -0.370 e. The fourth-order valence-electron chi connectivity index (χ4n) is 3.85. The normalized spacial score (nSPS) is 17.3. The van der Waals surface area contributed by atoms with Gasteiger partial charge in [0.25, 0.3) is 10.0 Å². The zero-order valence-electron chi connectivity index (χ0n) is 16.7. The van der Waals surface area contributed by atoms with Gasteiger partial charge in [-0.05, 0) is 74.6 Å². The van der Waals surface area contributed by atoms with Crippen LogP contribution >= 0.6 is 11.6 Å². The Morgan fingerprint density at radius 1 is 0.933 bits per heavy atom. The number of hydrogen-bond donors (Lipinski definition) is 2. The maximum Gasteiger partial charge on any atom is 0.264 e. The van der Waals surface area contributed by atoms with Crippen LogP contribution in [0.15, 0.2) is 47.4 Å². The molecule has 1 saturated heterocycles. The van der Waals surface area contributed by atoms with E-state index in [1.165, 1.54) is 0 Å². The number of rotatable bonds is 6. The summed E-state index contributed by atoms with van der Waals surface area (Å²) < 4.78 is 29.3. The molecule has 6 nitrogen and oxygen atoms in total. The van der Waals surface area contributed by atoms with Crippen LogP contribution in [0.25, 0.3) is 0 Å². The first kappa shape index (κ1) is 21.0. The number of anilines is 3. The van der Waals surface area contributed by atoms with E-state index in [0.29, 0.717) is 22.1 Å². The molecular weight excluding hydrogens is 422 g/mol. The highest BCUT2D eigenvalue weighted by Gasteiger charge is 2.27. The molecule has 2 aliphatic rings. The van der Waals surface area contributed by atoms with E-state index in [0.717, 1.165) is 51.6 Å². The first-order valence-corrected chi connectivity index (χ1v) is 12.3. The van der Waals surface area contributed by atoms with E-state index in [1.54, 1.807) is 42.5 Å². The van der Waals surface area contributed by atoms with Gasteiger partial charge >= 0.3 is 0 Å². The van der Waals surface area contributed by atoms with Gasteiger partial charge in [-0.15, -0.1) is 0 Å². The molecule has 1 saturated carbocycles. The number of carbonyl (C=O) groups excluding carboxylic acids is 1. The van der Waals surface area contributed by atoms with Gasteiger partial charge in [0.1, 0.15) is 4.90 Å². The summed E-state index contributed by atoms with van der Waals surface area (Å²) in [6.45, 7) is 1.63. The molecular formula is C22H26ClN3O3S. The summed E-state index contributed by atoms with van der Waals surface area (Å²) in [5, 5.41) is 3.43. The van der Waals surface area contributed by atoms with E-state index in [4.69, 9.17) is 11.6 Å². The molecule has 2 N–H and O–H groups in total. The largest absolute Gasteiger partial charge is 0.370 e. The maximum atomic E-state index is 13.3. The highest BCUT2D eigenvalue weighted by molar-refractivity contribution is 7.92. The second-order valence-corrected chi connectivity index (χ2v) is 10.0. The number of nitrogens with one attached hydrogen (secondary N) is 2. The summed E-state index contributed by atoms with van der Waals surface area (Å²) in [5.74, 6) is -0.0139. The monoisotopic (exact) mass is 447 g/mol. The Morgan fingerprint density at radius 2 is 1.60 bits per heavy atom. The van der Waals surface area contributed by atoms with Gasteiger partial charge in [-0.3, -0.25) is 9.52 Å². The van der Waals surface area contributed by atoms with Gasteiger partial charge in [0.15, 0.2) is 0 Å². The molecule has 1 aliphatic carbocycles. The summed E-state index contributed by atoms with van der Waals surface area (Å²) in [6, 6.07) is 11.7. The number of benzene rings is 2. The number of piperidine rings is 1. The van der Waals surface area contributed by atoms with Crippen molar-refractivity contribution < 1.29 is 13.2 Å². The van der Waals surface area contributed by atoms with Crippen molar-refractivity contribution in [1.82, 2.24) is 0 Å². The maximum absolute atomic E-state index is 13.3. The fraction of sp³-hybridized carbons (Fsp3) is 0.409. The second kappa shape index (κ2) is 8.86. The molecule has 1 aliphatic heterocycles. The van der Waals surface area contributed by atoms with Gasteiger partial charge < -0.3 is 10.2 Å². The summed E-state index contributed by atoms with van der Waals surface area (Å²) >= 11 is 5.91. The Bertz CT molecular complexity index is 1010. The zero-order valence-corrected chi connectivity index (χ0v) is 18.3. The lowest BCUT2D eigenvalue weighted by Gasteiger charge is -2.31. The quantitative estimate of drug-likeness (QED) is 0.662. The number of halogens is 1. The number of nitrogens with zero attached hydrogens (tertiary/aromatic N) is 1. The van der Waals surface area contributed by atoms with Crippen molar-refractivity contribution in [3.63, 3.8) is 0 Å². The SMILES string of the molecule is O=C(Nc1ccc(N2CCCCC2)c(S(=O)(=O)Nc2ccc(Cl)cc2)c1)C1CCC1. The molecule has 8 heteroatoms. The molecule has 1 heterocycles. The summed E-state index contributed by atoms with van der Waals surface area (Å²) in [4.78, 5) is 14.6. The molecule has 0 aromatic heterocycles. The van der Waals surface area contributed by atoms with Gasteiger partial charge in [0.05, 0.1) is 5.69 Å². The molecule has 0 radical (unpaired) electrons. The van der Waals surface area contributed by atoms with Crippen LogP contribution in [0.4, 0.5) is 17.1 Å². The van der Waals surface area contributed by atoms with Gasteiger partial charge in [-0.2, -0.15) is 0 Å². The topological polar surface area (TPSA) is 78.5 Å². The van der Waals surface area contributed by atoms with Crippen LogP contribution in [0.3, 0.4) is 0 Å². The van der Waals surface area contributed by atoms with E-state index in [-0.39, 0.29) is 16.7 Å². The first-order chi connectivity index (χ1) is 14.4. The number of sulfonamides is 1. The molecule has 2 aromatic rings. The van der Waals surface area contributed by atoms with Crippen LogP contribution in [0.5, 0.6) is 0 Å². The second-order valence-electron chi connectivity index (χ2n) is 7.96. The van der Waals surface area contributed by atoms with E-state index in [1.807, 2.05) is 0 Å². The van der Waals surface area contributed by atoms with Crippen molar-refractivity contribution >= 4 is 44.6 Å². The van der Waals surface area contributed by atoms with Gasteiger partial charge in [-0.1, -0.05) is 18.0 Å². The third-order valence-corrected chi connectivity index (χ3v) is 7.45.